The average molecular weight is 274 g/mol. The summed E-state index contributed by atoms with van der Waals surface area (Å²) in [7, 11) is 0. The van der Waals surface area contributed by atoms with Crippen LogP contribution in [0.4, 0.5) is 0 Å². The molecule has 0 bridgehead atoms. The molecule has 2 aromatic carbocycles. The van der Waals surface area contributed by atoms with Crippen LogP contribution in [0.5, 0.6) is 0 Å². The van der Waals surface area contributed by atoms with Crippen LogP contribution in [0.25, 0.3) is 0 Å². The number of halogens is 1. The third kappa shape index (κ3) is 2.99. The van der Waals surface area contributed by atoms with Crippen molar-refractivity contribution in [3.63, 3.8) is 0 Å². The summed E-state index contributed by atoms with van der Waals surface area (Å²) in [5, 5.41) is 0.735. The highest BCUT2D eigenvalue weighted by atomic mass is 35.5. The summed E-state index contributed by atoms with van der Waals surface area (Å²) < 4.78 is 0. The topological polar surface area (TPSA) is 26.0 Å². The fourth-order valence-corrected chi connectivity index (χ4v) is 2.62. The lowest BCUT2D eigenvalue weighted by Gasteiger charge is -2.18. The second-order valence-electron chi connectivity index (χ2n) is 4.74. The van der Waals surface area contributed by atoms with Crippen molar-refractivity contribution in [2.45, 2.75) is 32.7 Å². The van der Waals surface area contributed by atoms with E-state index in [-0.39, 0.29) is 6.04 Å². The van der Waals surface area contributed by atoms with Crippen LogP contribution in [-0.2, 0) is 12.8 Å². The monoisotopic (exact) mass is 273 g/mol. The molecule has 0 saturated carbocycles. The van der Waals surface area contributed by atoms with Crippen molar-refractivity contribution in [1.82, 2.24) is 0 Å². The van der Waals surface area contributed by atoms with Gasteiger partial charge in [-0.15, -0.1) is 0 Å². The molecule has 2 N–H and O–H groups in total. The lowest BCUT2D eigenvalue weighted by atomic mass is 9.92. The van der Waals surface area contributed by atoms with Crippen molar-refractivity contribution in [2.24, 2.45) is 5.73 Å². The van der Waals surface area contributed by atoms with Gasteiger partial charge in [0, 0.05) is 5.02 Å². The molecule has 100 valence electrons. The number of nitrogens with two attached hydrogens (primary N) is 1. The quantitative estimate of drug-likeness (QED) is 0.871. The normalized spacial score (nSPS) is 12.4. The van der Waals surface area contributed by atoms with Crippen LogP contribution in [0.2, 0.25) is 5.02 Å². The smallest absolute Gasteiger partial charge is 0.0569 e. The zero-order valence-electron chi connectivity index (χ0n) is 11.5. The molecule has 0 amide bonds. The molecule has 2 rings (SSSR count). The van der Waals surface area contributed by atoms with Crippen molar-refractivity contribution in [3.8, 4) is 0 Å². The lowest BCUT2D eigenvalue weighted by molar-refractivity contribution is 0.845. The van der Waals surface area contributed by atoms with Gasteiger partial charge in [0.15, 0.2) is 0 Å². The second kappa shape index (κ2) is 6.23. The molecule has 0 aromatic heterocycles. The first-order chi connectivity index (χ1) is 9.17. The standard InChI is InChI=1S/C17H20ClN/c1-3-12-9-10-13(4-2)15(11-12)17(19)14-7-5-6-8-16(14)18/h5-11,17H,3-4,19H2,1-2H3. The average Bonchev–Trinajstić information content (AvgIpc) is 2.46. The van der Waals surface area contributed by atoms with Gasteiger partial charge in [-0.05, 0) is 41.2 Å². The van der Waals surface area contributed by atoms with Crippen molar-refractivity contribution >= 4 is 11.6 Å². The number of hydrogen-bond donors (Lipinski definition) is 1. The molecule has 0 saturated heterocycles. The minimum absolute atomic E-state index is 0.157. The van der Waals surface area contributed by atoms with Crippen molar-refractivity contribution in [3.05, 3.63) is 69.7 Å². The zero-order valence-corrected chi connectivity index (χ0v) is 12.2. The van der Waals surface area contributed by atoms with E-state index in [2.05, 4.69) is 32.0 Å². The predicted molar refractivity (Wildman–Crippen MR) is 82.7 cm³/mol. The molecule has 1 unspecified atom stereocenters. The zero-order chi connectivity index (χ0) is 13.8. The Hall–Kier alpha value is -1.31. The number of benzene rings is 2. The van der Waals surface area contributed by atoms with Gasteiger partial charge in [0.2, 0.25) is 0 Å². The van der Waals surface area contributed by atoms with E-state index in [0.717, 1.165) is 23.4 Å². The Kier molecular flexibility index (Phi) is 4.62. The third-order valence-corrected chi connectivity index (χ3v) is 3.92. The molecule has 0 aliphatic heterocycles. The second-order valence-corrected chi connectivity index (χ2v) is 5.15. The summed E-state index contributed by atoms with van der Waals surface area (Å²) in [5.74, 6) is 0. The minimum Gasteiger partial charge on any atom is -0.320 e. The van der Waals surface area contributed by atoms with Crippen LogP contribution >= 0.6 is 11.6 Å². The Bertz CT molecular complexity index is 563. The van der Waals surface area contributed by atoms with E-state index < -0.39 is 0 Å². The van der Waals surface area contributed by atoms with Crippen LogP contribution in [0.3, 0.4) is 0 Å². The van der Waals surface area contributed by atoms with Gasteiger partial charge in [-0.25, -0.2) is 0 Å². The highest BCUT2D eigenvalue weighted by Crippen LogP contribution is 2.29. The van der Waals surface area contributed by atoms with Gasteiger partial charge in [0.25, 0.3) is 0 Å². The van der Waals surface area contributed by atoms with Crippen molar-refractivity contribution < 1.29 is 0 Å². The molecule has 19 heavy (non-hydrogen) atoms. The van der Waals surface area contributed by atoms with Crippen LogP contribution in [0.15, 0.2) is 42.5 Å². The van der Waals surface area contributed by atoms with Gasteiger partial charge < -0.3 is 5.73 Å². The molecule has 0 heterocycles. The number of aryl methyl sites for hydroxylation is 2. The lowest BCUT2D eigenvalue weighted by Crippen LogP contribution is -2.15. The summed E-state index contributed by atoms with van der Waals surface area (Å²) in [4.78, 5) is 0. The number of hydrogen-bond acceptors (Lipinski definition) is 1. The molecule has 0 radical (unpaired) electrons. The van der Waals surface area contributed by atoms with Gasteiger partial charge >= 0.3 is 0 Å². The van der Waals surface area contributed by atoms with Gasteiger partial charge in [-0.2, -0.15) is 0 Å². The molecule has 0 aliphatic carbocycles. The van der Waals surface area contributed by atoms with E-state index in [1.807, 2.05) is 24.3 Å². The summed E-state index contributed by atoms with van der Waals surface area (Å²) >= 11 is 6.26. The summed E-state index contributed by atoms with van der Waals surface area (Å²) in [6.45, 7) is 4.32. The summed E-state index contributed by atoms with van der Waals surface area (Å²) in [6, 6.07) is 14.2. The van der Waals surface area contributed by atoms with E-state index in [0.29, 0.717) is 0 Å². The van der Waals surface area contributed by atoms with E-state index in [1.165, 1.54) is 16.7 Å². The van der Waals surface area contributed by atoms with Crippen LogP contribution in [0, 0.1) is 0 Å². The molecule has 0 fully saturated rings. The highest BCUT2D eigenvalue weighted by molar-refractivity contribution is 6.31. The summed E-state index contributed by atoms with van der Waals surface area (Å²) in [6.07, 6.45) is 2.00. The first-order valence-electron chi connectivity index (χ1n) is 6.79. The highest BCUT2D eigenvalue weighted by Gasteiger charge is 2.15. The first kappa shape index (κ1) is 14.1. The molecule has 1 nitrogen and oxygen atoms in total. The molecular weight excluding hydrogens is 254 g/mol. The number of rotatable bonds is 4. The molecule has 0 aliphatic rings. The van der Waals surface area contributed by atoms with Gasteiger partial charge in [0.1, 0.15) is 0 Å². The minimum atomic E-state index is -0.157. The maximum absolute atomic E-state index is 6.43. The van der Waals surface area contributed by atoms with Crippen molar-refractivity contribution in [1.29, 1.82) is 0 Å². The molecule has 1 atom stereocenters. The molecular formula is C17H20ClN. The molecule has 2 aromatic rings. The Labute approximate surface area is 120 Å². The van der Waals surface area contributed by atoms with Crippen LogP contribution < -0.4 is 5.73 Å². The van der Waals surface area contributed by atoms with Gasteiger partial charge in [0.05, 0.1) is 6.04 Å². The Morgan fingerprint density at radius 2 is 1.74 bits per heavy atom. The van der Waals surface area contributed by atoms with E-state index in [9.17, 15) is 0 Å². The Morgan fingerprint density at radius 3 is 2.37 bits per heavy atom. The Balaban J connectivity index is 2.48. The first-order valence-corrected chi connectivity index (χ1v) is 7.16. The molecule has 0 spiro atoms. The SMILES string of the molecule is CCc1ccc(CC)c(C(N)c2ccccc2Cl)c1. The van der Waals surface area contributed by atoms with Gasteiger partial charge in [-0.3, -0.25) is 0 Å². The maximum atomic E-state index is 6.43. The summed E-state index contributed by atoms with van der Waals surface area (Å²) in [5.41, 5.74) is 11.2. The Morgan fingerprint density at radius 1 is 1.00 bits per heavy atom. The van der Waals surface area contributed by atoms with E-state index >= 15 is 0 Å². The largest absolute Gasteiger partial charge is 0.320 e. The van der Waals surface area contributed by atoms with Crippen LogP contribution in [0.1, 0.15) is 42.1 Å². The fraction of sp³-hybridized carbons (Fsp3) is 0.294. The van der Waals surface area contributed by atoms with E-state index in [1.54, 1.807) is 0 Å². The maximum Gasteiger partial charge on any atom is 0.0569 e. The molecule has 2 heteroatoms. The third-order valence-electron chi connectivity index (χ3n) is 3.57. The predicted octanol–water partition coefficient (Wildman–Crippen LogP) is 4.51. The van der Waals surface area contributed by atoms with Crippen molar-refractivity contribution in [2.75, 3.05) is 0 Å². The van der Waals surface area contributed by atoms with Gasteiger partial charge in [-0.1, -0.05) is 61.8 Å². The van der Waals surface area contributed by atoms with E-state index in [4.69, 9.17) is 17.3 Å². The fourth-order valence-electron chi connectivity index (χ4n) is 2.37. The van der Waals surface area contributed by atoms with Crippen LogP contribution in [-0.4, -0.2) is 0 Å².